The van der Waals surface area contributed by atoms with E-state index >= 15 is 0 Å². The van der Waals surface area contributed by atoms with E-state index in [-0.39, 0.29) is 26.1 Å². The van der Waals surface area contributed by atoms with Gasteiger partial charge in [0.15, 0.2) is 6.10 Å². The van der Waals surface area contributed by atoms with Crippen LogP contribution in [0.1, 0.15) is 219 Å². The largest absolute Gasteiger partial charge is 0.472 e. The number of likely N-dealkylation sites (N-methyl/N-ethyl adjacent to an activating group) is 1. The van der Waals surface area contributed by atoms with Gasteiger partial charge in [0.1, 0.15) is 19.8 Å². The van der Waals surface area contributed by atoms with Crippen molar-refractivity contribution in [2.24, 2.45) is 0 Å². The molecule has 0 spiro atoms. The van der Waals surface area contributed by atoms with Gasteiger partial charge >= 0.3 is 19.8 Å². The van der Waals surface area contributed by atoms with Crippen LogP contribution in [0.2, 0.25) is 0 Å². The van der Waals surface area contributed by atoms with Crippen molar-refractivity contribution in [3.8, 4) is 0 Å². The molecule has 9 nitrogen and oxygen atoms in total. The molecule has 0 aliphatic carbocycles. The molecule has 0 radical (unpaired) electrons. The van der Waals surface area contributed by atoms with Gasteiger partial charge in [-0.05, 0) is 135 Å². The number of allylic oxidation sites excluding steroid dienone is 32. The van der Waals surface area contributed by atoms with Crippen molar-refractivity contribution < 1.29 is 42.1 Å². The third-order valence-corrected chi connectivity index (χ3v) is 14.1. The molecule has 0 aromatic carbocycles. The summed E-state index contributed by atoms with van der Waals surface area (Å²) in [5.74, 6) is -0.886. The topological polar surface area (TPSA) is 108 Å². The molecule has 0 heterocycles. The Hall–Kier alpha value is -5.15. The summed E-state index contributed by atoms with van der Waals surface area (Å²) < 4.78 is 34.6. The average molecular weight is 1210 g/mol. The lowest BCUT2D eigenvalue weighted by Crippen LogP contribution is -2.37. The average Bonchev–Trinajstić information content (AvgIpc) is 3.67. The molecule has 2 atom stereocenters. The molecule has 10 heteroatoms. The summed E-state index contributed by atoms with van der Waals surface area (Å²) in [6.45, 7) is 4.11. The van der Waals surface area contributed by atoms with Gasteiger partial charge < -0.3 is 18.9 Å². The summed E-state index contributed by atoms with van der Waals surface area (Å²) in [5.41, 5.74) is 0. The number of hydrogen-bond acceptors (Lipinski definition) is 7. The molecule has 0 saturated carbocycles. The van der Waals surface area contributed by atoms with Crippen molar-refractivity contribution in [2.45, 2.75) is 225 Å². The predicted molar refractivity (Wildman–Crippen MR) is 371 cm³/mol. The fraction of sp³-hybridized carbons (Fsp3) is 0.553. The second kappa shape index (κ2) is 64.3. The second-order valence-electron chi connectivity index (χ2n) is 22.4. The first-order valence-corrected chi connectivity index (χ1v) is 34.7. The van der Waals surface area contributed by atoms with Gasteiger partial charge in [-0.25, -0.2) is 4.57 Å². The van der Waals surface area contributed by atoms with E-state index in [1.807, 2.05) is 27.2 Å². The number of ether oxygens (including phenoxy) is 2. The molecule has 482 valence electrons. The summed E-state index contributed by atoms with van der Waals surface area (Å²) in [5, 5.41) is 0. The van der Waals surface area contributed by atoms with Gasteiger partial charge in [0.2, 0.25) is 0 Å². The molecule has 0 aliphatic heterocycles. The van der Waals surface area contributed by atoms with Crippen LogP contribution < -0.4 is 0 Å². The highest BCUT2D eigenvalue weighted by Crippen LogP contribution is 2.43. The Morgan fingerprint density at radius 2 is 0.640 bits per heavy atom. The fourth-order valence-corrected chi connectivity index (χ4v) is 8.86. The van der Waals surface area contributed by atoms with E-state index in [1.54, 1.807) is 0 Å². The Morgan fingerprint density at radius 3 is 0.965 bits per heavy atom. The highest BCUT2D eigenvalue weighted by atomic mass is 31.2. The van der Waals surface area contributed by atoms with Crippen LogP contribution in [0.4, 0.5) is 0 Å². The molecule has 0 aliphatic rings. The Kier molecular flexibility index (Phi) is 60.5. The van der Waals surface area contributed by atoms with Crippen LogP contribution in [0.5, 0.6) is 0 Å². The number of esters is 2. The molecule has 2 unspecified atom stereocenters. The van der Waals surface area contributed by atoms with Crippen LogP contribution in [0.25, 0.3) is 0 Å². The van der Waals surface area contributed by atoms with Gasteiger partial charge in [0.05, 0.1) is 27.7 Å². The smallest absolute Gasteiger partial charge is 0.462 e. The predicted octanol–water partition coefficient (Wildman–Crippen LogP) is 21.7. The van der Waals surface area contributed by atoms with Crippen LogP contribution in [0.3, 0.4) is 0 Å². The maximum atomic E-state index is 12.8. The van der Waals surface area contributed by atoms with Crippen LogP contribution in [-0.2, 0) is 32.7 Å². The SMILES string of the molecule is CC/C=C\C/C=C\C/C=C\C/C=C\C/C=C\C/C=C\C/C=C\C/C=C\C/C=C\CCCC(=O)OC(COC(=O)CCCCCCCCCCCCC/C=C\C/C=C\C/C=C\C/C=C\C/C=C\C/C=C\C/C=C\CC)COP(=O)(O)OCC[N+](C)(C)C. The molecule has 1 N–H and O–H groups in total. The molecule has 0 aromatic heterocycles. The number of carbonyl (C=O) groups is 2. The highest BCUT2D eigenvalue weighted by molar-refractivity contribution is 7.47. The van der Waals surface area contributed by atoms with Crippen LogP contribution in [-0.4, -0.2) is 74.9 Å². The molecule has 0 fully saturated rings. The number of unbranched alkanes of at least 4 members (excludes halogenated alkanes) is 12. The molecular weight excluding hydrogens is 1090 g/mol. The summed E-state index contributed by atoms with van der Waals surface area (Å²) in [6, 6.07) is 0. The number of rotatable bonds is 58. The molecule has 86 heavy (non-hydrogen) atoms. The molecule has 0 aromatic rings. The van der Waals surface area contributed by atoms with Crippen molar-refractivity contribution in [1.29, 1.82) is 0 Å². The molecule has 0 rings (SSSR count). The maximum absolute atomic E-state index is 12.8. The van der Waals surface area contributed by atoms with E-state index in [2.05, 4.69) is 202 Å². The van der Waals surface area contributed by atoms with Gasteiger partial charge in [0, 0.05) is 12.8 Å². The number of hydrogen-bond donors (Lipinski definition) is 1. The Balaban J connectivity index is 4.25. The number of quaternary nitrogens is 1. The Labute approximate surface area is 526 Å². The lowest BCUT2D eigenvalue weighted by Gasteiger charge is -2.24. The van der Waals surface area contributed by atoms with Crippen molar-refractivity contribution in [3.63, 3.8) is 0 Å². The molecular formula is C76H121NO8P+. The van der Waals surface area contributed by atoms with E-state index in [9.17, 15) is 19.0 Å². The molecule has 0 saturated heterocycles. The fourth-order valence-electron chi connectivity index (χ4n) is 8.11. The van der Waals surface area contributed by atoms with Gasteiger partial charge in [-0.3, -0.25) is 18.6 Å². The van der Waals surface area contributed by atoms with Crippen LogP contribution >= 0.6 is 7.82 Å². The van der Waals surface area contributed by atoms with Gasteiger partial charge in [-0.1, -0.05) is 266 Å². The number of carbonyl (C=O) groups excluding carboxylic acids is 2. The lowest BCUT2D eigenvalue weighted by atomic mass is 10.0. The van der Waals surface area contributed by atoms with Crippen LogP contribution in [0, 0.1) is 0 Å². The zero-order valence-electron chi connectivity index (χ0n) is 54.7. The maximum Gasteiger partial charge on any atom is 0.472 e. The minimum Gasteiger partial charge on any atom is -0.462 e. The van der Waals surface area contributed by atoms with Gasteiger partial charge in [-0.15, -0.1) is 0 Å². The first-order chi connectivity index (χ1) is 42.0. The highest BCUT2D eigenvalue weighted by Gasteiger charge is 2.27. The standard InChI is InChI=1S/C76H120NO8P/c1-6-8-10-12-14-16-18-20-22-24-26-28-30-32-34-36-37-38-39-41-42-44-46-48-50-52-54-56-58-60-62-64-66-68-75(78)82-72-74(73-84-86(80,81)83-71-70-77(3,4)5)85-76(79)69-67-65-63-61-59-57-55-53-51-49-47-45-43-40-35-33-31-29-27-25-23-21-19-17-15-13-11-9-7-2/h8-11,14-17,20-23,26-29,32-35,37-38,41-43,45,49,51,55,57,61,63,74H,6-7,12-13,18-19,24-25,30-31,36,39-40,44,46-48,50,52-54,56,58-60,62,64-73H2,1-5H3/p+1/b10-8-,11-9-,16-14-,17-15-,22-20-,23-21-,28-26-,29-27-,34-32-,35-33-,38-37-,42-41-,45-43-,51-49-,57-55-,63-61-. The van der Waals surface area contributed by atoms with Gasteiger partial charge in [-0.2, -0.15) is 0 Å². The summed E-state index contributed by atoms with van der Waals surface area (Å²) in [7, 11) is 1.41. The normalized spacial score (nSPS) is 14.4. The number of phosphoric ester groups is 1. The minimum absolute atomic E-state index is 0.00903. The van der Waals surface area contributed by atoms with Gasteiger partial charge in [0.25, 0.3) is 0 Å². The zero-order chi connectivity index (χ0) is 62.6. The quantitative estimate of drug-likeness (QED) is 0.0211. The first-order valence-electron chi connectivity index (χ1n) is 33.2. The van der Waals surface area contributed by atoms with Crippen molar-refractivity contribution >= 4 is 19.8 Å². The number of nitrogens with zero attached hydrogens (tertiary/aromatic N) is 1. The van der Waals surface area contributed by atoms with Crippen molar-refractivity contribution in [1.82, 2.24) is 0 Å². The van der Waals surface area contributed by atoms with E-state index in [4.69, 9.17) is 18.5 Å². The third-order valence-electron chi connectivity index (χ3n) is 13.1. The molecule has 0 bridgehead atoms. The summed E-state index contributed by atoms with van der Waals surface area (Å²) in [4.78, 5) is 35.8. The number of phosphoric acid groups is 1. The Morgan fingerprint density at radius 1 is 0.360 bits per heavy atom. The van der Waals surface area contributed by atoms with E-state index < -0.39 is 32.5 Å². The Bertz CT molecular complexity index is 2150. The lowest BCUT2D eigenvalue weighted by molar-refractivity contribution is -0.870. The first kappa shape index (κ1) is 80.8. The van der Waals surface area contributed by atoms with E-state index in [0.717, 1.165) is 128 Å². The molecule has 0 amide bonds. The van der Waals surface area contributed by atoms with E-state index in [0.29, 0.717) is 30.3 Å². The minimum atomic E-state index is -4.42. The summed E-state index contributed by atoms with van der Waals surface area (Å²) in [6.07, 6.45) is 101. The summed E-state index contributed by atoms with van der Waals surface area (Å²) >= 11 is 0. The third kappa shape index (κ3) is 68.0. The monoisotopic (exact) mass is 1210 g/mol. The van der Waals surface area contributed by atoms with Crippen molar-refractivity contribution in [3.05, 3.63) is 194 Å². The van der Waals surface area contributed by atoms with E-state index in [1.165, 1.54) is 44.9 Å². The zero-order valence-corrected chi connectivity index (χ0v) is 55.6. The van der Waals surface area contributed by atoms with Crippen LogP contribution in [0.15, 0.2) is 194 Å². The second-order valence-corrected chi connectivity index (χ2v) is 23.8. The van der Waals surface area contributed by atoms with Crippen molar-refractivity contribution in [2.75, 3.05) is 47.5 Å².